The summed E-state index contributed by atoms with van der Waals surface area (Å²) in [7, 11) is 0. The van der Waals surface area contributed by atoms with Gasteiger partial charge in [-0.1, -0.05) is 12.1 Å². The fraction of sp³-hybridized carbons (Fsp3) is 0.143. The number of amides is 1. The van der Waals surface area contributed by atoms with Crippen molar-refractivity contribution < 1.29 is 4.79 Å². The third-order valence-corrected chi connectivity index (χ3v) is 3.34. The van der Waals surface area contributed by atoms with Crippen LogP contribution in [0.5, 0.6) is 0 Å². The summed E-state index contributed by atoms with van der Waals surface area (Å²) >= 11 is 2.22. The second-order valence-corrected chi connectivity index (χ2v) is 5.33. The van der Waals surface area contributed by atoms with Crippen molar-refractivity contribution in [2.24, 2.45) is 0 Å². The lowest BCUT2D eigenvalue weighted by atomic mass is 10.1. The summed E-state index contributed by atoms with van der Waals surface area (Å²) in [6, 6.07) is 9.65. The zero-order chi connectivity index (χ0) is 13.1. The third kappa shape index (κ3) is 2.87. The highest BCUT2D eigenvalue weighted by Crippen LogP contribution is 2.19. The largest absolute Gasteiger partial charge is 0.320 e. The quantitative estimate of drug-likeness (QED) is 0.840. The van der Waals surface area contributed by atoms with E-state index in [2.05, 4.69) is 32.9 Å². The van der Waals surface area contributed by atoms with Crippen molar-refractivity contribution in [3.05, 3.63) is 56.9 Å². The highest BCUT2D eigenvalue weighted by molar-refractivity contribution is 14.1. The summed E-state index contributed by atoms with van der Waals surface area (Å²) < 4.78 is 1.09. The van der Waals surface area contributed by atoms with Crippen molar-refractivity contribution >= 4 is 34.2 Å². The van der Waals surface area contributed by atoms with E-state index in [1.54, 1.807) is 6.20 Å². The molecule has 2 rings (SSSR count). The van der Waals surface area contributed by atoms with Crippen LogP contribution in [0.15, 0.2) is 36.5 Å². The summed E-state index contributed by atoms with van der Waals surface area (Å²) in [5.74, 6) is -0.168. The molecule has 0 atom stereocenters. The number of anilines is 1. The monoisotopic (exact) mass is 352 g/mol. The first-order valence-electron chi connectivity index (χ1n) is 5.57. The van der Waals surface area contributed by atoms with Crippen LogP contribution in [0, 0.1) is 17.4 Å². The van der Waals surface area contributed by atoms with Gasteiger partial charge < -0.3 is 5.32 Å². The summed E-state index contributed by atoms with van der Waals surface area (Å²) in [4.78, 5) is 16.2. The SMILES string of the molecule is Cc1ccc(I)cc1NC(=O)c1ncccc1C. The molecule has 92 valence electrons. The van der Waals surface area contributed by atoms with Crippen LogP contribution in [-0.4, -0.2) is 10.9 Å². The molecule has 0 aliphatic carbocycles. The molecule has 3 nitrogen and oxygen atoms in total. The van der Waals surface area contributed by atoms with Gasteiger partial charge in [-0.3, -0.25) is 9.78 Å². The lowest BCUT2D eigenvalue weighted by Crippen LogP contribution is -2.15. The normalized spacial score (nSPS) is 10.2. The van der Waals surface area contributed by atoms with Crippen molar-refractivity contribution in [1.82, 2.24) is 4.98 Å². The van der Waals surface area contributed by atoms with Crippen LogP contribution in [0.4, 0.5) is 5.69 Å². The molecule has 1 aromatic heterocycles. The van der Waals surface area contributed by atoms with Gasteiger partial charge in [0.15, 0.2) is 0 Å². The van der Waals surface area contributed by atoms with Crippen molar-refractivity contribution in [2.45, 2.75) is 13.8 Å². The van der Waals surface area contributed by atoms with E-state index < -0.39 is 0 Å². The maximum absolute atomic E-state index is 12.1. The standard InChI is InChI=1S/C14H13IN2O/c1-9-5-6-11(15)8-12(9)17-14(18)13-10(2)4-3-7-16-13/h3-8H,1-2H3,(H,17,18). The van der Waals surface area contributed by atoms with Crippen LogP contribution in [0.2, 0.25) is 0 Å². The van der Waals surface area contributed by atoms with Gasteiger partial charge in [0.25, 0.3) is 5.91 Å². The van der Waals surface area contributed by atoms with Gasteiger partial charge in [-0.2, -0.15) is 0 Å². The Balaban J connectivity index is 2.27. The van der Waals surface area contributed by atoms with Gasteiger partial charge >= 0.3 is 0 Å². The van der Waals surface area contributed by atoms with Crippen molar-refractivity contribution in [3.8, 4) is 0 Å². The van der Waals surface area contributed by atoms with Gasteiger partial charge in [0.05, 0.1) is 0 Å². The Hall–Kier alpha value is -1.43. The van der Waals surface area contributed by atoms with Crippen LogP contribution in [-0.2, 0) is 0 Å². The van der Waals surface area contributed by atoms with Crippen LogP contribution in [0.3, 0.4) is 0 Å². The van der Waals surface area contributed by atoms with Crippen LogP contribution in [0.25, 0.3) is 0 Å². The fourth-order valence-corrected chi connectivity index (χ4v) is 2.13. The molecule has 0 aliphatic rings. The Morgan fingerprint density at radius 2 is 2.00 bits per heavy atom. The predicted octanol–water partition coefficient (Wildman–Crippen LogP) is 3.56. The highest BCUT2D eigenvalue weighted by atomic mass is 127. The average Bonchev–Trinajstić information content (AvgIpc) is 2.34. The number of carbonyl (C=O) groups excluding carboxylic acids is 1. The van der Waals surface area contributed by atoms with E-state index >= 15 is 0 Å². The van der Waals surface area contributed by atoms with Crippen molar-refractivity contribution in [3.63, 3.8) is 0 Å². The number of nitrogens with one attached hydrogen (secondary N) is 1. The van der Waals surface area contributed by atoms with Crippen molar-refractivity contribution in [1.29, 1.82) is 0 Å². The van der Waals surface area contributed by atoms with Crippen molar-refractivity contribution in [2.75, 3.05) is 5.32 Å². The Kier molecular flexibility index (Phi) is 3.96. The summed E-state index contributed by atoms with van der Waals surface area (Å²) in [5.41, 5.74) is 3.21. The van der Waals surface area contributed by atoms with E-state index in [0.717, 1.165) is 20.4 Å². The number of pyridine rings is 1. The molecule has 1 aromatic carbocycles. The molecule has 0 saturated heterocycles. The maximum Gasteiger partial charge on any atom is 0.274 e. The van der Waals surface area contributed by atoms with Gasteiger partial charge in [0.1, 0.15) is 5.69 Å². The first-order chi connectivity index (χ1) is 8.58. The van der Waals surface area contributed by atoms with E-state index in [0.29, 0.717) is 5.69 Å². The molecule has 4 heteroatoms. The second kappa shape index (κ2) is 5.48. The molecule has 2 aromatic rings. The molecule has 0 saturated carbocycles. The van der Waals surface area contributed by atoms with E-state index in [4.69, 9.17) is 0 Å². The highest BCUT2D eigenvalue weighted by Gasteiger charge is 2.11. The molecule has 0 fully saturated rings. The van der Waals surface area contributed by atoms with Crippen LogP contribution in [0.1, 0.15) is 21.6 Å². The van der Waals surface area contributed by atoms with Crippen LogP contribution < -0.4 is 5.32 Å². The minimum atomic E-state index is -0.168. The summed E-state index contributed by atoms with van der Waals surface area (Å²) in [6.45, 7) is 3.85. The molecular weight excluding hydrogens is 339 g/mol. The molecule has 1 N–H and O–H groups in total. The van der Waals surface area contributed by atoms with E-state index in [-0.39, 0.29) is 5.91 Å². The molecule has 18 heavy (non-hydrogen) atoms. The minimum Gasteiger partial charge on any atom is -0.320 e. The summed E-state index contributed by atoms with van der Waals surface area (Å²) in [6.07, 6.45) is 1.63. The first-order valence-corrected chi connectivity index (χ1v) is 6.65. The smallest absolute Gasteiger partial charge is 0.274 e. The molecule has 1 heterocycles. The first kappa shape index (κ1) is 13.0. The van der Waals surface area contributed by atoms with E-state index in [1.165, 1.54) is 0 Å². The summed E-state index contributed by atoms with van der Waals surface area (Å²) in [5, 5.41) is 2.90. The zero-order valence-electron chi connectivity index (χ0n) is 10.2. The zero-order valence-corrected chi connectivity index (χ0v) is 12.4. The van der Waals surface area contributed by atoms with Gasteiger partial charge in [-0.05, 0) is 65.8 Å². The Morgan fingerprint density at radius 1 is 1.22 bits per heavy atom. The molecule has 0 radical (unpaired) electrons. The number of aryl methyl sites for hydroxylation is 2. The maximum atomic E-state index is 12.1. The molecule has 1 amide bonds. The number of nitrogens with zero attached hydrogens (tertiary/aromatic N) is 1. The van der Waals surface area contributed by atoms with E-state index in [1.807, 2.05) is 44.2 Å². The number of benzene rings is 1. The minimum absolute atomic E-state index is 0.168. The van der Waals surface area contributed by atoms with Gasteiger partial charge in [0.2, 0.25) is 0 Å². The number of hydrogen-bond donors (Lipinski definition) is 1. The molecule has 0 unspecified atom stereocenters. The lowest BCUT2D eigenvalue weighted by Gasteiger charge is -2.09. The Labute approximate surface area is 120 Å². The molecule has 0 aliphatic heterocycles. The number of hydrogen-bond acceptors (Lipinski definition) is 2. The number of aromatic nitrogens is 1. The topological polar surface area (TPSA) is 42.0 Å². The molecule has 0 bridgehead atoms. The molecular formula is C14H13IN2O. The van der Waals surface area contributed by atoms with Crippen LogP contribution >= 0.6 is 22.6 Å². The number of carbonyl (C=O) groups is 1. The van der Waals surface area contributed by atoms with Gasteiger partial charge in [-0.25, -0.2) is 0 Å². The second-order valence-electron chi connectivity index (χ2n) is 4.08. The third-order valence-electron chi connectivity index (χ3n) is 2.67. The predicted molar refractivity (Wildman–Crippen MR) is 80.8 cm³/mol. The number of rotatable bonds is 2. The Bertz CT molecular complexity index is 596. The van der Waals surface area contributed by atoms with Gasteiger partial charge in [-0.15, -0.1) is 0 Å². The molecule has 0 spiro atoms. The fourth-order valence-electron chi connectivity index (χ4n) is 1.63. The van der Waals surface area contributed by atoms with Gasteiger partial charge in [0, 0.05) is 15.5 Å². The Morgan fingerprint density at radius 3 is 2.72 bits per heavy atom. The average molecular weight is 352 g/mol. The lowest BCUT2D eigenvalue weighted by molar-refractivity contribution is 0.102. The number of halogens is 1. The van der Waals surface area contributed by atoms with E-state index in [9.17, 15) is 4.79 Å².